The summed E-state index contributed by atoms with van der Waals surface area (Å²) in [5, 5.41) is 3.28. The van der Waals surface area contributed by atoms with Gasteiger partial charge in [-0.15, -0.1) is 0 Å². The van der Waals surface area contributed by atoms with E-state index in [-0.39, 0.29) is 15.1 Å². The van der Waals surface area contributed by atoms with Gasteiger partial charge in [0.05, 0.1) is 0 Å². The number of nitrogens with zero attached hydrogens (tertiary/aromatic N) is 1. The second-order valence-electron chi connectivity index (χ2n) is 6.20. The fourth-order valence-electron chi connectivity index (χ4n) is 1.89. The van der Waals surface area contributed by atoms with Gasteiger partial charge in [0.1, 0.15) is 9.36 Å². The van der Waals surface area contributed by atoms with Gasteiger partial charge in [-0.2, -0.15) is 4.37 Å². The maximum Gasteiger partial charge on any atom is 0.360 e. The van der Waals surface area contributed by atoms with Crippen molar-refractivity contribution in [3.05, 3.63) is 49.9 Å². The van der Waals surface area contributed by atoms with Gasteiger partial charge in [-0.1, -0.05) is 46.9 Å². The molecule has 1 heterocycles. The molecule has 25 heavy (non-hydrogen) atoms. The quantitative estimate of drug-likeness (QED) is 0.712. The molecule has 0 unspecified atom stereocenters. The van der Waals surface area contributed by atoms with Crippen molar-refractivity contribution in [1.82, 2.24) is 9.69 Å². The van der Waals surface area contributed by atoms with Crippen molar-refractivity contribution in [3.8, 4) is 0 Å². The van der Waals surface area contributed by atoms with E-state index in [0.717, 1.165) is 11.5 Å². The van der Waals surface area contributed by atoms with E-state index in [1.54, 1.807) is 24.3 Å². The Bertz CT molecular complexity index is 785. The fourth-order valence-corrected chi connectivity index (χ4v) is 3.00. The monoisotopic (exact) mass is 420 g/mol. The van der Waals surface area contributed by atoms with E-state index in [2.05, 4.69) is 9.69 Å². The molecule has 1 aromatic heterocycles. The zero-order chi connectivity index (χ0) is 18.8. The molecule has 0 spiro atoms. The zero-order valence-corrected chi connectivity index (χ0v) is 16.7. The highest BCUT2D eigenvalue weighted by molar-refractivity contribution is 7.11. The number of carbonyl (C=O) groups excluding carboxylic acids is 2. The molecule has 2 rings (SSSR count). The highest BCUT2D eigenvalue weighted by Gasteiger charge is 2.30. The number of hydrogen-bond donors (Lipinski definition) is 1. The molecule has 1 atom stereocenters. The summed E-state index contributed by atoms with van der Waals surface area (Å²) in [5.74, 6) is -1.31. The molecule has 0 aliphatic carbocycles. The van der Waals surface area contributed by atoms with Crippen molar-refractivity contribution in [3.63, 3.8) is 0 Å². The molecule has 134 valence electrons. The lowest BCUT2D eigenvalue weighted by Crippen LogP contribution is -2.44. The number of benzene rings is 1. The Balaban J connectivity index is 2.31. The van der Waals surface area contributed by atoms with E-state index in [4.69, 9.17) is 39.5 Å². The van der Waals surface area contributed by atoms with Crippen molar-refractivity contribution in [2.24, 2.45) is 0 Å². The Morgan fingerprint density at radius 2 is 1.76 bits per heavy atom. The van der Waals surface area contributed by atoms with Gasteiger partial charge < -0.3 is 10.1 Å². The molecule has 5 nitrogen and oxygen atoms in total. The number of esters is 1. The molecule has 0 bridgehead atoms. The molecule has 1 N–H and O–H groups in total. The maximum absolute atomic E-state index is 12.6. The highest BCUT2D eigenvalue weighted by Crippen LogP contribution is 2.31. The first-order valence-electron chi connectivity index (χ1n) is 7.17. The van der Waals surface area contributed by atoms with E-state index in [0.29, 0.717) is 10.6 Å². The number of carbonyl (C=O) groups is 2. The van der Waals surface area contributed by atoms with Crippen LogP contribution in [0.1, 0.15) is 42.9 Å². The molecule has 0 saturated carbocycles. The smallest absolute Gasteiger partial charge is 0.360 e. The minimum Gasteiger partial charge on any atom is -0.442 e. The van der Waals surface area contributed by atoms with E-state index >= 15 is 0 Å². The molecule has 0 aliphatic heterocycles. The molecular weight excluding hydrogens is 407 g/mol. The number of nitrogens with one attached hydrogen (secondary N) is 1. The normalized spacial score (nSPS) is 12.6. The van der Waals surface area contributed by atoms with Gasteiger partial charge in [0.15, 0.2) is 5.69 Å². The first kappa shape index (κ1) is 20.0. The molecule has 0 fully saturated rings. The topological polar surface area (TPSA) is 68.3 Å². The SMILES string of the molecule is CC(C)(C)NC(=O)[C@H](OC(=O)c1nsc(Cl)c1Cl)c1ccc(Cl)cc1. The van der Waals surface area contributed by atoms with Gasteiger partial charge in [-0.25, -0.2) is 4.79 Å². The van der Waals surface area contributed by atoms with Crippen LogP contribution in [-0.4, -0.2) is 21.8 Å². The lowest BCUT2D eigenvalue weighted by Gasteiger charge is -2.25. The largest absolute Gasteiger partial charge is 0.442 e. The van der Waals surface area contributed by atoms with Crippen LogP contribution in [-0.2, 0) is 9.53 Å². The molecule has 9 heteroatoms. The van der Waals surface area contributed by atoms with Gasteiger partial charge in [0.2, 0.25) is 6.10 Å². The molecule has 2 aromatic rings. The highest BCUT2D eigenvalue weighted by atomic mass is 35.5. The van der Waals surface area contributed by atoms with Gasteiger partial charge >= 0.3 is 5.97 Å². The summed E-state index contributed by atoms with van der Waals surface area (Å²) in [4.78, 5) is 25.0. The van der Waals surface area contributed by atoms with Gasteiger partial charge in [0.25, 0.3) is 5.91 Å². The number of rotatable bonds is 4. The van der Waals surface area contributed by atoms with Crippen molar-refractivity contribution in [1.29, 1.82) is 0 Å². The molecule has 1 aromatic carbocycles. The van der Waals surface area contributed by atoms with Crippen LogP contribution in [0.25, 0.3) is 0 Å². The number of hydrogen-bond acceptors (Lipinski definition) is 5. The standard InChI is InChI=1S/C16H15Cl3N2O3S/c1-16(2,3)20-14(22)12(8-4-6-9(17)7-5-8)24-15(23)11-10(18)13(19)25-21-11/h4-7,12H,1-3H3,(H,20,22)/t12-/m1/s1. The fraction of sp³-hybridized carbons (Fsp3) is 0.312. The van der Waals surface area contributed by atoms with E-state index in [1.807, 2.05) is 20.8 Å². The number of aromatic nitrogens is 1. The summed E-state index contributed by atoms with van der Waals surface area (Å²) in [6, 6.07) is 6.43. The minimum atomic E-state index is -1.18. The molecule has 1 amide bonds. The van der Waals surface area contributed by atoms with Gasteiger partial charge in [-0.05, 0) is 44.4 Å². The molecule has 0 aliphatic rings. The van der Waals surface area contributed by atoms with Gasteiger partial charge in [-0.3, -0.25) is 4.79 Å². The third kappa shape index (κ3) is 5.31. The molecular formula is C16H15Cl3N2O3S. The van der Waals surface area contributed by atoms with Crippen LogP contribution in [0, 0.1) is 0 Å². The zero-order valence-electron chi connectivity index (χ0n) is 13.6. The predicted molar refractivity (Wildman–Crippen MR) is 99.6 cm³/mol. The Hall–Kier alpha value is -1.34. The van der Waals surface area contributed by atoms with Crippen LogP contribution in [0.2, 0.25) is 14.4 Å². The van der Waals surface area contributed by atoms with Crippen LogP contribution in [0.15, 0.2) is 24.3 Å². The second kappa shape index (κ2) is 7.91. The van der Waals surface area contributed by atoms with Crippen LogP contribution in [0.4, 0.5) is 0 Å². The van der Waals surface area contributed by atoms with Gasteiger partial charge in [0, 0.05) is 16.1 Å². The van der Waals surface area contributed by atoms with Crippen molar-refractivity contribution in [2.45, 2.75) is 32.4 Å². The summed E-state index contributed by atoms with van der Waals surface area (Å²) < 4.78 is 9.41. The third-order valence-electron chi connectivity index (χ3n) is 2.92. The second-order valence-corrected chi connectivity index (χ2v) is 8.38. The summed E-state index contributed by atoms with van der Waals surface area (Å²) in [6.45, 7) is 5.47. The van der Waals surface area contributed by atoms with Crippen LogP contribution < -0.4 is 5.32 Å². The van der Waals surface area contributed by atoms with Crippen molar-refractivity contribution < 1.29 is 14.3 Å². The van der Waals surface area contributed by atoms with E-state index in [9.17, 15) is 9.59 Å². The average molecular weight is 422 g/mol. The average Bonchev–Trinajstić information content (AvgIpc) is 2.84. The first-order chi connectivity index (χ1) is 11.6. The Kier molecular flexibility index (Phi) is 6.32. The maximum atomic E-state index is 12.6. The van der Waals surface area contributed by atoms with Crippen LogP contribution in [0.5, 0.6) is 0 Å². The lowest BCUT2D eigenvalue weighted by atomic mass is 10.1. The Morgan fingerprint density at radius 1 is 1.16 bits per heavy atom. The van der Waals surface area contributed by atoms with E-state index in [1.165, 1.54) is 0 Å². The van der Waals surface area contributed by atoms with Crippen molar-refractivity contribution in [2.75, 3.05) is 0 Å². The number of ether oxygens (including phenoxy) is 1. The van der Waals surface area contributed by atoms with Crippen LogP contribution in [0.3, 0.4) is 0 Å². The summed E-state index contributed by atoms with van der Waals surface area (Å²) in [5.41, 5.74) is -0.161. The summed E-state index contributed by atoms with van der Waals surface area (Å²) in [7, 11) is 0. The number of halogens is 3. The summed E-state index contributed by atoms with van der Waals surface area (Å²) >= 11 is 18.5. The Labute approximate surface area is 164 Å². The lowest BCUT2D eigenvalue weighted by molar-refractivity contribution is -0.131. The third-order valence-corrected chi connectivity index (χ3v) is 4.79. The minimum absolute atomic E-state index is 0.00255. The first-order valence-corrected chi connectivity index (χ1v) is 9.08. The van der Waals surface area contributed by atoms with Crippen molar-refractivity contribution >= 4 is 58.2 Å². The molecule has 0 radical (unpaired) electrons. The predicted octanol–water partition coefficient (Wildman–Crippen LogP) is 4.92. The Morgan fingerprint density at radius 3 is 2.24 bits per heavy atom. The van der Waals surface area contributed by atoms with Crippen LogP contribution >= 0.6 is 46.3 Å². The number of amides is 1. The molecule has 0 saturated heterocycles. The summed E-state index contributed by atoms with van der Waals surface area (Å²) in [6.07, 6.45) is -1.18. The van der Waals surface area contributed by atoms with E-state index < -0.39 is 23.5 Å².